The monoisotopic (exact) mass is 277 g/mol. The molecule has 4 heteroatoms. The van der Waals surface area contributed by atoms with E-state index in [0.717, 1.165) is 18.4 Å². The molecule has 0 spiro atoms. The van der Waals surface area contributed by atoms with Crippen LogP contribution in [0.5, 0.6) is 0 Å². The third kappa shape index (κ3) is 3.58. The molecular weight excluding hydrogens is 254 g/mol. The molecule has 20 heavy (non-hydrogen) atoms. The van der Waals surface area contributed by atoms with E-state index < -0.39 is 11.5 Å². The van der Waals surface area contributed by atoms with Gasteiger partial charge in [-0.15, -0.1) is 0 Å². The zero-order valence-electron chi connectivity index (χ0n) is 12.1. The van der Waals surface area contributed by atoms with E-state index in [0.29, 0.717) is 19.1 Å². The van der Waals surface area contributed by atoms with Crippen LogP contribution in [0.3, 0.4) is 0 Å². The van der Waals surface area contributed by atoms with Gasteiger partial charge in [-0.2, -0.15) is 0 Å². The second-order valence-corrected chi connectivity index (χ2v) is 5.66. The predicted octanol–water partition coefficient (Wildman–Crippen LogP) is 2.53. The molecule has 1 unspecified atom stereocenters. The minimum absolute atomic E-state index is 0.109. The molecule has 1 aliphatic carbocycles. The van der Waals surface area contributed by atoms with Crippen LogP contribution in [-0.2, 0) is 15.1 Å². The lowest BCUT2D eigenvalue weighted by molar-refractivity contribution is -0.146. The quantitative estimate of drug-likeness (QED) is 0.766. The number of carboxylic acid groups (broad SMARTS) is 1. The van der Waals surface area contributed by atoms with E-state index in [4.69, 9.17) is 4.74 Å². The molecule has 0 bridgehead atoms. The van der Waals surface area contributed by atoms with Gasteiger partial charge in [-0.25, -0.2) is 4.79 Å². The molecule has 2 rings (SSSR count). The summed E-state index contributed by atoms with van der Waals surface area (Å²) in [5.41, 5.74) is -0.246. The van der Waals surface area contributed by atoms with Crippen molar-refractivity contribution < 1.29 is 14.6 Å². The molecule has 1 aromatic carbocycles. The molecule has 0 aromatic heterocycles. The summed E-state index contributed by atoms with van der Waals surface area (Å²) in [5, 5.41) is 13.1. The summed E-state index contributed by atoms with van der Waals surface area (Å²) in [4.78, 5) is 11.9. The molecule has 0 saturated heterocycles. The minimum Gasteiger partial charge on any atom is -0.480 e. The van der Waals surface area contributed by atoms with Crippen molar-refractivity contribution in [2.24, 2.45) is 0 Å². The van der Waals surface area contributed by atoms with Gasteiger partial charge < -0.3 is 9.84 Å². The number of carbonyl (C=O) groups is 1. The van der Waals surface area contributed by atoms with Crippen molar-refractivity contribution in [2.45, 2.75) is 50.8 Å². The Morgan fingerprint density at radius 2 is 2.05 bits per heavy atom. The van der Waals surface area contributed by atoms with E-state index in [2.05, 4.69) is 5.32 Å². The number of nitrogens with one attached hydrogen (secondary N) is 1. The standard InChI is InChI=1S/C16H23NO3/c1-12(2)20-11-10-16(15(18)19,17-14-8-9-14)13-6-4-3-5-7-13/h3-7,12,14,17H,8-11H2,1-2H3,(H,18,19). The summed E-state index contributed by atoms with van der Waals surface area (Å²) in [7, 11) is 0. The Bertz CT molecular complexity index is 442. The highest BCUT2D eigenvalue weighted by atomic mass is 16.5. The second kappa shape index (κ2) is 6.37. The summed E-state index contributed by atoms with van der Waals surface area (Å²) >= 11 is 0. The number of benzene rings is 1. The van der Waals surface area contributed by atoms with Crippen molar-refractivity contribution >= 4 is 5.97 Å². The average molecular weight is 277 g/mol. The maximum atomic E-state index is 11.9. The van der Waals surface area contributed by atoms with Gasteiger partial charge in [-0.05, 0) is 32.3 Å². The molecular formula is C16H23NO3. The van der Waals surface area contributed by atoms with Crippen LogP contribution in [0.2, 0.25) is 0 Å². The molecule has 1 fully saturated rings. The fourth-order valence-electron chi connectivity index (χ4n) is 2.34. The smallest absolute Gasteiger partial charge is 0.328 e. The second-order valence-electron chi connectivity index (χ2n) is 5.66. The molecule has 0 amide bonds. The van der Waals surface area contributed by atoms with Crippen LogP contribution in [0.15, 0.2) is 30.3 Å². The van der Waals surface area contributed by atoms with E-state index in [1.807, 2.05) is 44.2 Å². The van der Waals surface area contributed by atoms with E-state index in [1.165, 1.54) is 0 Å². The summed E-state index contributed by atoms with van der Waals surface area (Å²) in [6.07, 6.45) is 2.64. The number of rotatable bonds is 8. The number of aliphatic carboxylic acids is 1. The lowest BCUT2D eigenvalue weighted by Crippen LogP contribution is -2.51. The lowest BCUT2D eigenvalue weighted by Gasteiger charge is -2.31. The molecule has 1 atom stereocenters. The summed E-state index contributed by atoms with van der Waals surface area (Å²) < 4.78 is 5.57. The molecule has 0 heterocycles. The molecule has 1 aliphatic rings. The first kappa shape index (κ1) is 15.0. The zero-order chi connectivity index (χ0) is 14.6. The Hall–Kier alpha value is -1.39. The van der Waals surface area contributed by atoms with Gasteiger partial charge in [-0.3, -0.25) is 5.32 Å². The summed E-state index contributed by atoms with van der Waals surface area (Å²) in [6.45, 7) is 4.34. The van der Waals surface area contributed by atoms with E-state index in [-0.39, 0.29) is 6.10 Å². The fourth-order valence-corrected chi connectivity index (χ4v) is 2.34. The first-order valence-electron chi connectivity index (χ1n) is 7.23. The topological polar surface area (TPSA) is 58.6 Å². The van der Waals surface area contributed by atoms with E-state index >= 15 is 0 Å². The van der Waals surface area contributed by atoms with Crippen molar-refractivity contribution in [3.8, 4) is 0 Å². The lowest BCUT2D eigenvalue weighted by atomic mass is 9.86. The van der Waals surface area contributed by atoms with Gasteiger partial charge >= 0.3 is 5.97 Å². The molecule has 0 radical (unpaired) electrons. The van der Waals surface area contributed by atoms with Crippen LogP contribution in [0.4, 0.5) is 0 Å². The highest BCUT2D eigenvalue weighted by Gasteiger charge is 2.43. The fraction of sp³-hybridized carbons (Fsp3) is 0.562. The van der Waals surface area contributed by atoms with Crippen molar-refractivity contribution in [2.75, 3.05) is 6.61 Å². The summed E-state index contributed by atoms with van der Waals surface area (Å²) in [6, 6.07) is 9.72. The minimum atomic E-state index is -1.04. The van der Waals surface area contributed by atoms with Gasteiger partial charge in [0.2, 0.25) is 0 Å². The van der Waals surface area contributed by atoms with Gasteiger partial charge in [-0.1, -0.05) is 30.3 Å². The predicted molar refractivity (Wildman–Crippen MR) is 77.6 cm³/mol. The average Bonchev–Trinajstić information content (AvgIpc) is 3.21. The van der Waals surface area contributed by atoms with Crippen LogP contribution in [0, 0.1) is 0 Å². The van der Waals surface area contributed by atoms with E-state index in [9.17, 15) is 9.90 Å². The van der Waals surface area contributed by atoms with Crippen molar-refractivity contribution in [1.82, 2.24) is 5.32 Å². The maximum absolute atomic E-state index is 11.9. The van der Waals surface area contributed by atoms with Crippen LogP contribution in [0.25, 0.3) is 0 Å². The third-order valence-corrected chi connectivity index (χ3v) is 3.59. The van der Waals surface area contributed by atoms with Crippen LogP contribution in [-0.4, -0.2) is 29.8 Å². The Balaban J connectivity index is 2.21. The molecule has 1 saturated carbocycles. The normalized spacial score (nSPS) is 17.9. The summed E-state index contributed by atoms with van der Waals surface area (Å²) in [5.74, 6) is -0.831. The first-order chi connectivity index (χ1) is 9.54. The van der Waals surface area contributed by atoms with Crippen LogP contribution >= 0.6 is 0 Å². The van der Waals surface area contributed by atoms with Crippen molar-refractivity contribution in [1.29, 1.82) is 0 Å². The number of hydrogen-bond acceptors (Lipinski definition) is 3. The molecule has 0 aliphatic heterocycles. The highest BCUT2D eigenvalue weighted by molar-refractivity contribution is 5.81. The van der Waals surface area contributed by atoms with Crippen LogP contribution in [0.1, 0.15) is 38.7 Å². The van der Waals surface area contributed by atoms with Gasteiger partial charge in [0, 0.05) is 19.1 Å². The highest BCUT2D eigenvalue weighted by Crippen LogP contribution is 2.32. The number of hydrogen-bond donors (Lipinski definition) is 2. The zero-order valence-corrected chi connectivity index (χ0v) is 12.1. The number of ether oxygens (including phenoxy) is 1. The Kier molecular flexibility index (Phi) is 4.78. The third-order valence-electron chi connectivity index (χ3n) is 3.59. The van der Waals surface area contributed by atoms with Gasteiger partial charge in [0.1, 0.15) is 5.54 Å². The largest absolute Gasteiger partial charge is 0.480 e. The van der Waals surface area contributed by atoms with Crippen molar-refractivity contribution in [3.63, 3.8) is 0 Å². The Morgan fingerprint density at radius 1 is 1.40 bits per heavy atom. The van der Waals surface area contributed by atoms with Crippen LogP contribution < -0.4 is 5.32 Å². The first-order valence-corrected chi connectivity index (χ1v) is 7.23. The van der Waals surface area contributed by atoms with E-state index in [1.54, 1.807) is 0 Å². The molecule has 2 N–H and O–H groups in total. The van der Waals surface area contributed by atoms with Gasteiger partial charge in [0.05, 0.1) is 6.10 Å². The van der Waals surface area contributed by atoms with Gasteiger partial charge in [0.15, 0.2) is 0 Å². The molecule has 4 nitrogen and oxygen atoms in total. The molecule has 1 aromatic rings. The molecule has 110 valence electrons. The van der Waals surface area contributed by atoms with Gasteiger partial charge in [0.25, 0.3) is 0 Å². The number of carboxylic acids is 1. The Labute approximate surface area is 120 Å². The Morgan fingerprint density at radius 3 is 2.55 bits per heavy atom. The van der Waals surface area contributed by atoms with Crippen molar-refractivity contribution in [3.05, 3.63) is 35.9 Å². The maximum Gasteiger partial charge on any atom is 0.328 e. The SMILES string of the molecule is CC(C)OCCC(NC1CC1)(C(=O)O)c1ccccc1.